The lowest BCUT2D eigenvalue weighted by Gasteiger charge is -2.35. The topological polar surface area (TPSA) is 29.5 Å². The second-order valence-corrected chi connectivity index (χ2v) is 5.59. The van der Waals surface area contributed by atoms with E-state index in [0.717, 1.165) is 31.2 Å². The molecule has 1 aromatic carbocycles. The molecule has 0 aliphatic heterocycles. The molecule has 5 heteroatoms. The highest BCUT2D eigenvalue weighted by Crippen LogP contribution is 2.39. The quantitative estimate of drug-likeness (QED) is 0.905. The van der Waals surface area contributed by atoms with Gasteiger partial charge in [-0.15, -0.1) is 13.2 Å². The van der Waals surface area contributed by atoms with Gasteiger partial charge in [-0.05, 0) is 42.4 Å². The molecule has 0 heterocycles. The van der Waals surface area contributed by atoms with Gasteiger partial charge in [0.2, 0.25) is 0 Å². The summed E-state index contributed by atoms with van der Waals surface area (Å²) in [7, 11) is 0. The lowest BCUT2D eigenvalue weighted by atomic mass is 9.71. The highest BCUT2D eigenvalue weighted by molar-refractivity contribution is 5.28. The average molecular weight is 288 g/mol. The van der Waals surface area contributed by atoms with Crippen molar-refractivity contribution in [1.82, 2.24) is 0 Å². The van der Waals surface area contributed by atoms with Crippen molar-refractivity contribution < 1.29 is 23.0 Å². The summed E-state index contributed by atoms with van der Waals surface area (Å²) in [6, 6.07) is 5.95. The molecule has 0 atom stereocenters. The first-order valence-corrected chi connectivity index (χ1v) is 6.88. The molecule has 2 nitrogen and oxygen atoms in total. The van der Waals surface area contributed by atoms with E-state index in [1.54, 1.807) is 12.1 Å². The van der Waals surface area contributed by atoms with E-state index in [4.69, 9.17) is 0 Å². The van der Waals surface area contributed by atoms with E-state index in [1.165, 1.54) is 18.6 Å². The van der Waals surface area contributed by atoms with Crippen LogP contribution in [0, 0.1) is 5.41 Å². The Bertz CT molecular complexity index is 420. The maximum Gasteiger partial charge on any atom is 0.573 e. The number of alkyl halides is 3. The summed E-state index contributed by atoms with van der Waals surface area (Å²) >= 11 is 0. The lowest BCUT2D eigenvalue weighted by Crippen LogP contribution is -2.30. The van der Waals surface area contributed by atoms with Crippen LogP contribution in [0.25, 0.3) is 0 Å². The predicted molar refractivity (Wildman–Crippen MR) is 69.4 cm³/mol. The van der Waals surface area contributed by atoms with E-state index >= 15 is 0 Å². The van der Waals surface area contributed by atoms with Gasteiger partial charge in [0.15, 0.2) is 0 Å². The fourth-order valence-corrected chi connectivity index (χ4v) is 2.93. The Balaban J connectivity index is 2.02. The number of hydrogen-bond donors (Lipinski definition) is 1. The van der Waals surface area contributed by atoms with Crippen LogP contribution in [-0.4, -0.2) is 18.1 Å². The van der Waals surface area contributed by atoms with E-state index in [9.17, 15) is 18.3 Å². The highest BCUT2D eigenvalue weighted by Gasteiger charge is 2.32. The monoisotopic (exact) mass is 288 g/mol. The van der Waals surface area contributed by atoms with Gasteiger partial charge in [-0.2, -0.15) is 0 Å². The molecule has 1 N–H and O–H groups in total. The third-order valence-electron chi connectivity index (χ3n) is 3.99. The number of hydrogen-bond acceptors (Lipinski definition) is 2. The van der Waals surface area contributed by atoms with Gasteiger partial charge in [-0.1, -0.05) is 31.4 Å². The fraction of sp³-hybridized carbons (Fsp3) is 0.600. The van der Waals surface area contributed by atoms with Crippen molar-refractivity contribution in [2.24, 2.45) is 5.41 Å². The molecule has 0 spiro atoms. The summed E-state index contributed by atoms with van der Waals surface area (Å²) in [6.45, 7) is 0.133. The predicted octanol–water partition coefficient (Wildman–Crippen LogP) is 4.07. The van der Waals surface area contributed by atoms with E-state index in [0.29, 0.717) is 6.42 Å². The Hall–Kier alpha value is -1.23. The normalized spacial score (nSPS) is 18.8. The van der Waals surface area contributed by atoms with Crippen LogP contribution >= 0.6 is 0 Å². The lowest BCUT2D eigenvalue weighted by molar-refractivity contribution is -0.274. The van der Waals surface area contributed by atoms with E-state index in [-0.39, 0.29) is 17.8 Å². The first-order valence-electron chi connectivity index (χ1n) is 6.88. The molecule has 1 aliphatic rings. The smallest absolute Gasteiger partial charge is 0.406 e. The van der Waals surface area contributed by atoms with Crippen molar-refractivity contribution in [3.05, 3.63) is 29.8 Å². The third-order valence-corrected chi connectivity index (χ3v) is 3.99. The second kappa shape index (κ2) is 6.04. The Kier molecular flexibility index (Phi) is 4.58. The molecule has 0 aromatic heterocycles. The van der Waals surface area contributed by atoms with Crippen LogP contribution in [0.4, 0.5) is 13.2 Å². The standard InChI is InChI=1S/C15H19F3O2/c16-15(17,18)20-13-6-4-12(5-7-13)10-14(11-19)8-2-1-3-9-14/h4-7,19H,1-3,8-11H2. The molecule has 1 aromatic rings. The fourth-order valence-electron chi connectivity index (χ4n) is 2.93. The molecule has 1 saturated carbocycles. The van der Waals surface area contributed by atoms with Crippen molar-refractivity contribution in [2.45, 2.75) is 44.9 Å². The molecule has 0 amide bonds. The van der Waals surface area contributed by atoms with Crippen LogP contribution in [0.3, 0.4) is 0 Å². The summed E-state index contributed by atoms with van der Waals surface area (Å²) in [4.78, 5) is 0. The molecule has 1 aliphatic carbocycles. The maximum atomic E-state index is 12.1. The largest absolute Gasteiger partial charge is 0.573 e. The van der Waals surface area contributed by atoms with Crippen molar-refractivity contribution in [3.8, 4) is 5.75 Å². The SMILES string of the molecule is OCC1(Cc2ccc(OC(F)(F)F)cc2)CCCCC1. The number of aliphatic hydroxyl groups excluding tert-OH is 1. The maximum absolute atomic E-state index is 12.1. The molecule has 0 saturated heterocycles. The van der Waals surface area contributed by atoms with Crippen molar-refractivity contribution in [1.29, 1.82) is 0 Å². The number of rotatable bonds is 4. The number of halogens is 3. The summed E-state index contributed by atoms with van der Waals surface area (Å²) < 4.78 is 40.1. The van der Waals surface area contributed by atoms with Crippen LogP contribution in [0.1, 0.15) is 37.7 Å². The average Bonchev–Trinajstić information content (AvgIpc) is 2.40. The van der Waals surface area contributed by atoms with Crippen molar-refractivity contribution in [2.75, 3.05) is 6.61 Å². The van der Waals surface area contributed by atoms with E-state index in [1.807, 2.05) is 0 Å². The Labute approximate surface area is 116 Å². The number of ether oxygens (including phenoxy) is 1. The van der Waals surface area contributed by atoms with Crippen LogP contribution in [0.2, 0.25) is 0 Å². The van der Waals surface area contributed by atoms with Gasteiger partial charge in [-0.3, -0.25) is 0 Å². The van der Waals surface area contributed by atoms with Gasteiger partial charge < -0.3 is 9.84 Å². The summed E-state index contributed by atoms with van der Waals surface area (Å²) in [6.07, 6.45) is 1.41. The summed E-state index contributed by atoms with van der Waals surface area (Å²) in [5.74, 6) is -0.206. The number of aliphatic hydroxyl groups is 1. The van der Waals surface area contributed by atoms with Crippen LogP contribution < -0.4 is 4.74 Å². The molecule has 0 unspecified atom stereocenters. The Morgan fingerprint density at radius 2 is 1.65 bits per heavy atom. The van der Waals surface area contributed by atoms with Crippen LogP contribution in [-0.2, 0) is 6.42 Å². The molecule has 112 valence electrons. The minimum absolute atomic E-state index is 0.106. The molecule has 2 rings (SSSR count). The van der Waals surface area contributed by atoms with Gasteiger partial charge >= 0.3 is 6.36 Å². The zero-order chi connectivity index (χ0) is 14.6. The van der Waals surface area contributed by atoms with Gasteiger partial charge in [0.25, 0.3) is 0 Å². The first-order chi connectivity index (χ1) is 9.42. The van der Waals surface area contributed by atoms with Gasteiger partial charge in [0.05, 0.1) is 0 Å². The molecule has 20 heavy (non-hydrogen) atoms. The first kappa shape index (κ1) is 15.2. The third kappa shape index (κ3) is 4.13. The van der Waals surface area contributed by atoms with E-state index in [2.05, 4.69) is 4.74 Å². The Morgan fingerprint density at radius 1 is 1.05 bits per heavy atom. The van der Waals surface area contributed by atoms with E-state index < -0.39 is 6.36 Å². The molecule has 0 bridgehead atoms. The molecule has 0 radical (unpaired) electrons. The zero-order valence-corrected chi connectivity index (χ0v) is 11.2. The second-order valence-electron chi connectivity index (χ2n) is 5.59. The molecular weight excluding hydrogens is 269 g/mol. The minimum Gasteiger partial charge on any atom is -0.406 e. The summed E-state index contributed by atoms with van der Waals surface area (Å²) in [5, 5.41) is 9.64. The van der Waals surface area contributed by atoms with Gasteiger partial charge in [0, 0.05) is 6.61 Å². The number of benzene rings is 1. The Morgan fingerprint density at radius 3 is 2.15 bits per heavy atom. The van der Waals surface area contributed by atoms with Crippen LogP contribution in [0.15, 0.2) is 24.3 Å². The zero-order valence-electron chi connectivity index (χ0n) is 11.2. The molecular formula is C15H19F3O2. The minimum atomic E-state index is -4.66. The van der Waals surface area contributed by atoms with Gasteiger partial charge in [-0.25, -0.2) is 0 Å². The summed E-state index contributed by atoms with van der Waals surface area (Å²) in [5.41, 5.74) is 0.834. The van der Waals surface area contributed by atoms with Crippen LogP contribution in [0.5, 0.6) is 5.75 Å². The molecule has 1 fully saturated rings. The highest BCUT2D eigenvalue weighted by atomic mass is 19.4. The van der Waals surface area contributed by atoms with Gasteiger partial charge in [0.1, 0.15) is 5.75 Å². The van der Waals surface area contributed by atoms with Crippen molar-refractivity contribution in [3.63, 3.8) is 0 Å². The van der Waals surface area contributed by atoms with Crippen molar-refractivity contribution >= 4 is 0 Å².